The first-order valence-electron chi connectivity index (χ1n) is 8.58. The van der Waals surface area contributed by atoms with Crippen LogP contribution in [-0.4, -0.2) is 32.3 Å². The lowest BCUT2D eigenvalue weighted by molar-refractivity contribution is -0.116. The molecule has 140 valence electrons. The topological polar surface area (TPSA) is 91.0 Å². The van der Waals surface area contributed by atoms with E-state index >= 15 is 0 Å². The lowest BCUT2D eigenvalue weighted by Crippen LogP contribution is -2.27. The molecule has 4 aromatic rings. The molecule has 4 rings (SSSR count). The third kappa shape index (κ3) is 3.35. The zero-order valence-electron chi connectivity index (χ0n) is 15.1. The van der Waals surface area contributed by atoms with Gasteiger partial charge in [-0.2, -0.15) is 5.10 Å². The Morgan fingerprint density at radius 1 is 1.11 bits per heavy atom. The Morgan fingerprint density at radius 2 is 1.86 bits per heavy atom. The molecule has 28 heavy (non-hydrogen) atoms. The molecule has 0 fully saturated rings. The Hall–Kier alpha value is -3.94. The second-order valence-electron chi connectivity index (χ2n) is 6.08. The van der Waals surface area contributed by atoms with E-state index in [0.717, 1.165) is 11.4 Å². The van der Waals surface area contributed by atoms with Crippen LogP contribution in [0.3, 0.4) is 0 Å². The maximum atomic E-state index is 12.7. The summed E-state index contributed by atoms with van der Waals surface area (Å²) in [6.45, 7) is -0.135. The summed E-state index contributed by atoms with van der Waals surface area (Å²) in [5.41, 5.74) is 1.52. The van der Waals surface area contributed by atoms with E-state index < -0.39 is 0 Å². The Balaban J connectivity index is 1.61. The van der Waals surface area contributed by atoms with E-state index in [1.165, 1.54) is 17.1 Å². The van der Waals surface area contributed by atoms with Crippen molar-refractivity contribution in [2.24, 2.45) is 0 Å². The van der Waals surface area contributed by atoms with Gasteiger partial charge in [0.1, 0.15) is 24.0 Å². The number of carbonyl (C=O) groups is 1. The van der Waals surface area contributed by atoms with E-state index in [1.54, 1.807) is 36.1 Å². The van der Waals surface area contributed by atoms with Crippen molar-refractivity contribution in [1.82, 2.24) is 19.3 Å². The number of benzene rings is 2. The van der Waals surface area contributed by atoms with E-state index in [0.29, 0.717) is 16.7 Å². The molecule has 0 unspecified atom stereocenters. The summed E-state index contributed by atoms with van der Waals surface area (Å²) in [5.74, 6) is 0.414. The number of nitrogens with one attached hydrogen (secondary N) is 1. The standard InChI is InChI=1S/C20H17N5O3/c1-28-16-9-7-15(8-10-16)25-19-17(11-22-25)20(27)24(13-21-19)12-18(26)23-14-5-3-2-4-6-14/h2-11,13H,12H2,1H3,(H,23,26). The lowest BCUT2D eigenvalue weighted by atomic mass is 10.3. The van der Waals surface area contributed by atoms with Crippen molar-refractivity contribution in [2.45, 2.75) is 6.54 Å². The molecule has 8 heteroatoms. The Morgan fingerprint density at radius 3 is 2.57 bits per heavy atom. The van der Waals surface area contributed by atoms with Gasteiger partial charge in [0.05, 0.1) is 19.0 Å². The van der Waals surface area contributed by atoms with Gasteiger partial charge >= 0.3 is 0 Å². The first-order valence-corrected chi connectivity index (χ1v) is 8.58. The maximum Gasteiger partial charge on any atom is 0.264 e. The van der Waals surface area contributed by atoms with Gasteiger partial charge < -0.3 is 10.1 Å². The van der Waals surface area contributed by atoms with Gasteiger partial charge in [-0.1, -0.05) is 18.2 Å². The van der Waals surface area contributed by atoms with Gasteiger partial charge in [-0.15, -0.1) is 0 Å². The van der Waals surface area contributed by atoms with Gasteiger partial charge in [-0.05, 0) is 36.4 Å². The number of hydrogen-bond donors (Lipinski definition) is 1. The molecule has 0 radical (unpaired) electrons. The quantitative estimate of drug-likeness (QED) is 0.578. The molecule has 0 aliphatic heterocycles. The molecular weight excluding hydrogens is 358 g/mol. The van der Waals surface area contributed by atoms with Crippen LogP contribution in [0.25, 0.3) is 16.7 Å². The van der Waals surface area contributed by atoms with Crippen LogP contribution >= 0.6 is 0 Å². The summed E-state index contributed by atoms with van der Waals surface area (Å²) in [5, 5.41) is 7.36. The molecule has 2 heterocycles. The molecule has 1 N–H and O–H groups in total. The van der Waals surface area contributed by atoms with Crippen molar-refractivity contribution in [1.29, 1.82) is 0 Å². The van der Waals surface area contributed by atoms with Gasteiger partial charge in [0.15, 0.2) is 5.65 Å². The van der Waals surface area contributed by atoms with Crippen molar-refractivity contribution in [3.05, 3.63) is 77.5 Å². The number of nitrogens with zero attached hydrogens (tertiary/aromatic N) is 4. The number of amides is 1. The van der Waals surface area contributed by atoms with E-state index in [4.69, 9.17) is 4.74 Å². The molecule has 0 saturated heterocycles. The molecule has 0 saturated carbocycles. The zero-order valence-corrected chi connectivity index (χ0v) is 15.1. The molecular formula is C20H17N5O3. The third-order valence-electron chi connectivity index (χ3n) is 4.24. The normalized spacial score (nSPS) is 10.8. The average molecular weight is 375 g/mol. The average Bonchev–Trinajstić information content (AvgIpc) is 3.16. The summed E-state index contributed by atoms with van der Waals surface area (Å²) < 4.78 is 7.99. The fraction of sp³-hybridized carbons (Fsp3) is 0.100. The van der Waals surface area contributed by atoms with Gasteiger partial charge in [-0.3, -0.25) is 14.2 Å². The van der Waals surface area contributed by atoms with Crippen molar-refractivity contribution in [3.8, 4) is 11.4 Å². The number of aromatic nitrogens is 4. The second-order valence-corrected chi connectivity index (χ2v) is 6.08. The van der Waals surface area contributed by atoms with Crippen LogP contribution in [-0.2, 0) is 11.3 Å². The molecule has 0 atom stereocenters. The summed E-state index contributed by atoms with van der Waals surface area (Å²) in [6, 6.07) is 16.3. The maximum absolute atomic E-state index is 12.7. The summed E-state index contributed by atoms with van der Waals surface area (Å²) >= 11 is 0. The molecule has 8 nitrogen and oxygen atoms in total. The minimum Gasteiger partial charge on any atom is -0.497 e. The van der Waals surface area contributed by atoms with Crippen molar-refractivity contribution in [2.75, 3.05) is 12.4 Å². The first kappa shape index (κ1) is 17.5. The Kier molecular flexibility index (Phi) is 4.59. The fourth-order valence-electron chi connectivity index (χ4n) is 2.85. The Bertz CT molecular complexity index is 1180. The second kappa shape index (κ2) is 7.36. The largest absolute Gasteiger partial charge is 0.497 e. The van der Waals surface area contributed by atoms with E-state index in [-0.39, 0.29) is 18.0 Å². The predicted molar refractivity (Wildman–Crippen MR) is 105 cm³/mol. The number of hydrogen-bond acceptors (Lipinski definition) is 5. The summed E-state index contributed by atoms with van der Waals surface area (Å²) in [6.07, 6.45) is 2.82. The minimum atomic E-state index is -0.326. The van der Waals surface area contributed by atoms with E-state index in [9.17, 15) is 9.59 Å². The first-order chi connectivity index (χ1) is 13.7. The number of para-hydroxylation sites is 1. The smallest absolute Gasteiger partial charge is 0.264 e. The predicted octanol–water partition coefficient (Wildman–Crippen LogP) is 2.23. The van der Waals surface area contributed by atoms with Crippen LogP contribution in [0.15, 0.2) is 71.9 Å². The van der Waals surface area contributed by atoms with E-state index in [1.807, 2.05) is 30.3 Å². The number of ether oxygens (including phenoxy) is 1. The van der Waals surface area contributed by atoms with Crippen LogP contribution in [0, 0.1) is 0 Å². The number of rotatable bonds is 5. The van der Waals surface area contributed by atoms with Crippen LogP contribution in [0.4, 0.5) is 5.69 Å². The summed E-state index contributed by atoms with van der Waals surface area (Å²) in [4.78, 5) is 29.3. The van der Waals surface area contributed by atoms with Crippen molar-refractivity contribution in [3.63, 3.8) is 0 Å². The highest BCUT2D eigenvalue weighted by atomic mass is 16.5. The molecule has 0 bridgehead atoms. The molecule has 0 spiro atoms. The highest BCUT2D eigenvalue weighted by Crippen LogP contribution is 2.17. The van der Waals surface area contributed by atoms with Crippen molar-refractivity contribution < 1.29 is 9.53 Å². The molecule has 2 aromatic carbocycles. The molecule has 2 aromatic heterocycles. The SMILES string of the molecule is COc1ccc(-n2ncc3c(=O)n(CC(=O)Nc4ccccc4)cnc32)cc1. The van der Waals surface area contributed by atoms with Gasteiger partial charge in [0, 0.05) is 5.69 Å². The number of fused-ring (bicyclic) bond motifs is 1. The number of anilines is 1. The highest BCUT2D eigenvalue weighted by molar-refractivity contribution is 5.90. The number of carbonyl (C=O) groups excluding carboxylic acids is 1. The molecule has 0 aliphatic carbocycles. The number of methoxy groups -OCH3 is 1. The van der Waals surface area contributed by atoms with Crippen LogP contribution in [0.5, 0.6) is 5.75 Å². The van der Waals surface area contributed by atoms with Crippen molar-refractivity contribution >= 4 is 22.6 Å². The van der Waals surface area contributed by atoms with E-state index in [2.05, 4.69) is 15.4 Å². The summed E-state index contributed by atoms with van der Waals surface area (Å²) in [7, 11) is 1.59. The highest BCUT2D eigenvalue weighted by Gasteiger charge is 2.13. The molecule has 0 aliphatic rings. The fourth-order valence-corrected chi connectivity index (χ4v) is 2.85. The van der Waals surface area contributed by atoms with Crippen LogP contribution in [0.1, 0.15) is 0 Å². The lowest BCUT2D eigenvalue weighted by Gasteiger charge is -2.08. The van der Waals surface area contributed by atoms with Crippen LogP contribution < -0.4 is 15.6 Å². The molecule has 1 amide bonds. The minimum absolute atomic E-state index is 0.135. The van der Waals surface area contributed by atoms with Crippen LogP contribution in [0.2, 0.25) is 0 Å². The monoisotopic (exact) mass is 375 g/mol. The zero-order chi connectivity index (χ0) is 19.5. The van der Waals surface area contributed by atoms with Gasteiger partial charge in [0.25, 0.3) is 5.56 Å². The van der Waals surface area contributed by atoms with Gasteiger partial charge in [-0.25, -0.2) is 9.67 Å². The Labute approximate surface area is 160 Å². The third-order valence-corrected chi connectivity index (χ3v) is 4.24. The van der Waals surface area contributed by atoms with Gasteiger partial charge in [0.2, 0.25) is 5.91 Å².